The summed E-state index contributed by atoms with van der Waals surface area (Å²) in [5, 5.41) is 14.4. The van der Waals surface area contributed by atoms with Crippen molar-refractivity contribution < 1.29 is 14.0 Å². The van der Waals surface area contributed by atoms with Gasteiger partial charge in [0.15, 0.2) is 11.0 Å². The molecular formula is C21H20FN5O2S. The molecule has 3 rings (SSSR count). The predicted molar refractivity (Wildman–Crippen MR) is 116 cm³/mol. The number of benzene rings is 2. The minimum Gasteiger partial charge on any atom is -0.326 e. The fourth-order valence-electron chi connectivity index (χ4n) is 2.67. The Morgan fingerprint density at radius 1 is 1.07 bits per heavy atom. The number of allylic oxidation sites excluding steroid dienone is 1. The molecule has 0 spiro atoms. The highest BCUT2D eigenvalue weighted by Crippen LogP contribution is 2.24. The number of amides is 2. The third kappa shape index (κ3) is 5.54. The molecule has 0 saturated heterocycles. The number of hydrogen-bond acceptors (Lipinski definition) is 5. The van der Waals surface area contributed by atoms with Crippen LogP contribution in [0.2, 0.25) is 0 Å². The summed E-state index contributed by atoms with van der Waals surface area (Å²) in [6.45, 7) is 5.63. The zero-order valence-corrected chi connectivity index (χ0v) is 17.1. The normalized spacial score (nSPS) is 10.5. The van der Waals surface area contributed by atoms with Gasteiger partial charge in [-0.1, -0.05) is 17.8 Å². The standard InChI is InChI=1S/C21H20FN5O2S/c1-3-12-27-20(15-4-6-16(22)7-5-15)25-26-21(27)30-13-19(29)24-18-10-8-17(9-11-18)23-14(2)28/h3-11H,1,12-13H2,2H3,(H,23,28)(H,24,29). The molecule has 2 amide bonds. The van der Waals surface area contributed by atoms with Crippen LogP contribution in [0, 0.1) is 5.82 Å². The Kier molecular flexibility index (Phi) is 6.97. The van der Waals surface area contributed by atoms with E-state index >= 15 is 0 Å². The van der Waals surface area contributed by atoms with Gasteiger partial charge in [-0.2, -0.15) is 0 Å². The molecule has 3 aromatic rings. The van der Waals surface area contributed by atoms with Crippen LogP contribution in [0.1, 0.15) is 6.92 Å². The van der Waals surface area contributed by atoms with Crippen LogP contribution >= 0.6 is 11.8 Å². The molecular weight excluding hydrogens is 405 g/mol. The first-order chi connectivity index (χ1) is 14.5. The molecule has 30 heavy (non-hydrogen) atoms. The minimum atomic E-state index is -0.329. The highest BCUT2D eigenvalue weighted by molar-refractivity contribution is 7.99. The largest absolute Gasteiger partial charge is 0.326 e. The van der Waals surface area contributed by atoms with Crippen LogP contribution in [0.25, 0.3) is 11.4 Å². The van der Waals surface area contributed by atoms with Crippen molar-refractivity contribution in [2.75, 3.05) is 16.4 Å². The van der Waals surface area contributed by atoms with Gasteiger partial charge in [0.05, 0.1) is 5.75 Å². The van der Waals surface area contributed by atoms with E-state index in [9.17, 15) is 14.0 Å². The van der Waals surface area contributed by atoms with E-state index in [2.05, 4.69) is 27.4 Å². The van der Waals surface area contributed by atoms with E-state index in [1.807, 2.05) is 4.57 Å². The number of nitrogens with zero attached hydrogens (tertiary/aromatic N) is 3. The van der Waals surface area contributed by atoms with Gasteiger partial charge in [-0.25, -0.2) is 4.39 Å². The molecule has 0 radical (unpaired) electrons. The molecule has 0 aliphatic heterocycles. The van der Waals surface area contributed by atoms with Crippen LogP contribution in [0.5, 0.6) is 0 Å². The van der Waals surface area contributed by atoms with Crippen molar-refractivity contribution in [3.8, 4) is 11.4 Å². The van der Waals surface area contributed by atoms with E-state index < -0.39 is 0 Å². The Labute approximate surface area is 177 Å². The van der Waals surface area contributed by atoms with Gasteiger partial charge in [0.2, 0.25) is 11.8 Å². The van der Waals surface area contributed by atoms with Crippen molar-refractivity contribution >= 4 is 35.0 Å². The summed E-state index contributed by atoms with van der Waals surface area (Å²) in [4.78, 5) is 23.4. The Bertz CT molecular complexity index is 1050. The summed E-state index contributed by atoms with van der Waals surface area (Å²) < 4.78 is 15.0. The number of rotatable bonds is 8. The molecule has 7 nitrogen and oxygen atoms in total. The van der Waals surface area contributed by atoms with Gasteiger partial charge < -0.3 is 10.6 Å². The van der Waals surface area contributed by atoms with Crippen LogP contribution < -0.4 is 10.6 Å². The summed E-state index contributed by atoms with van der Waals surface area (Å²) in [6.07, 6.45) is 1.71. The monoisotopic (exact) mass is 425 g/mol. The molecule has 0 unspecified atom stereocenters. The van der Waals surface area contributed by atoms with Gasteiger partial charge >= 0.3 is 0 Å². The van der Waals surface area contributed by atoms with Gasteiger partial charge in [0.25, 0.3) is 0 Å². The van der Waals surface area contributed by atoms with E-state index in [-0.39, 0.29) is 23.4 Å². The summed E-state index contributed by atoms with van der Waals surface area (Å²) in [5.41, 5.74) is 2.00. The molecule has 0 fully saturated rings. The Morgan fingerprint density at radius 3 is 2.30 bits per heavy atom. The molecule has 9 heteroatoms. The van der Waals surface area contributed by atoms with Crippen molar-refractivity contribution in [2.24, 2.45) is 0 Å². The number of nitrogens with one attached hydrogen (secondary N) is 2. The number of halogens is 1. The van der Waals surface area contributed by atoms with Crippen molar-refractivity contribution in [3.05, 3.63) is 67.0 Å². The lowest BCUT2D eigenvalue weighted by Gasteiger charge is -2.09. The number of carbonyl (C=O) groups excluding carboxylic acids is 2. The van der Waals surface area contributed by atoms with E-state index in [0.717, 1.165) is 5.56 Å². The molecule has 2 aromatic carbocycles. The Hall–Kier alpha value is -3.46. The Balaban J connectivity index is 1.64. The smallest absolute Gasteiger partial charge is 0.234 e. The van der Waals surface area contributed by atoms with Gasteiger partial charge in [-0.3, -0.25) is 14.2 Å². The molecule has 0 aliphatic rings. The maximum Gasteiger partial charge on any atom is 0.234 e. The summed E-state index contributed by atoms with van der Waals surface area (Å²) in [7, 11) is 0. The van der Waals surface area contributed by atoms with E-state index in [4.69, 9.17) is 0 Å². The zero-order valence-electron chi connectivity index (χ0n) is 16.3. The first kappa shape index (κ1) is 21.3. The second kappa shape index (κ2) is 9.84. The summed E-state index contributed by atoms with van der Waals surface area (Å²) in [6, 6.07) is 12.8. The third-order valence-electron chi connectivity index (χ3n) is 3.95. The lowest BCUT2D eigenvalue weighted by atomic mass is 10.2. The van der Waals surface area contributed by atoms with Crippen molar-refractivity contribution in [3.63, 3.8) is 0 Å². The van der Waals surface area contributed by atoms with E-state index in [1.165, 1.54) is 30.8 Å². The number of carbonyl (C=O) groups is 2. The van der Waals surface area contributed by atoms with Crippen LogP contribution in [0.4, 0.5) is 15.8 Å². The van der Waals surface area contributed by atoms with E-state index in [1.54, 1.807) is 42.5 Å². The maximum absolute atomic E-state index is 13.2. The molecule has 1 aromatic heterocycles. The highest BCUT2D eigenvalue weighted by atomic mass is 32.2. The fourth-order valence-corrected chi connectivity index (χ4v) is 3.42. The zero-order chi connectivity index (χ0) is 21.5. The molecule has 154 valence electrons. The average molecular weight is 425 g/mol. The average Bonchev–Trinajstić information content (AvgIpc) is 3.11. The van der Waals surface area contributed by atoms with Gasteiger partial charge in [0.1, 0.15) is 5.82 Å². The minimum absolute atomic E-state index is 0.131. The van der Waals surface area contributed by atoms with Crippen LogP contribution in [-0.4, -0.2) is 32.3 Å². The highest BCUT2D eigenvalue weighted by Gasteiger charge is 2.15. The SMILES string of the molecule is C=CCn1c(SCC(=O)Nc2ccc(NC(C)=O)cc2)nnc1-c1ccc(F)cc1. The van der Waals surface area contributed by atoms with Crippen molar-refractivity contribution in [1.82, 2.24) is 14.8 Å². The summed E-state index contributed by atoms with van der Waals surface area (Å²) in [5.74, 6) is 0.0125. The number of aromatic nitrogens is 3. The second-order valence-electron chi connectivity index (χ2n) is 6.31. The molecule has 0 atom stereocenters. The van der Waals surface area contributed by atoms with Crippen LogP contribution in [0.3, 0.4) is 0 Å². The summed E-state index contributed by atoms with van der Waals surface area (Å²) >= 11 is 1.24. The molecule has 0 bridgehead atoms. The van der Waals surface area contributed by atoms with E-state index in [0.29, 0.717) is 28.9 Å². The topological polar surface area (TPSA) is 88.9 Å². The van der Waals surface area contributed by atoms with Gasteiger partial charge in [0, 0.05) is 30.4 Å². The second-order valence-corrected chi connectivity index (χ2v) is 7.25. The molecule has 1 heterocycles. The van der Waals surface area contributed by atoms with Gasteiger partial charge in [-0.05, 0) is 48.5 Å². The van der Waals surface area contributed by atoms with Crippen molar-refractivity contribution in [1.29, 1.82) is 0 Å². The molecule has 0 aliphatic carbocycles. The number of anilines is 2. The Morgan fingerprint density at radius 2 is 1.70 bits per heavy atom. The quantitative estimate of drug-likeness (QED) is 0.421. The predicted octanol–water partition coefficient (Wildman–Crippen LogP) is 3.96. The van der Waals surface area contributed by atoms with Crippen LogP contribution in [-0.2, 0) is 16.1 Å². The molecule has 2 N–H and O–H groups in total. The number of hydrogen-bond donors (Lipinski definition) is 2. The van der Waals surface area contributed by atoms with Crippen LogP contribution in [0.15, 0.2) is 66.3 Å². The third-order valence-corrected chi connectivity index (χ3v) is 4.92. The lowest BCUT2D eigenvalue weighted by molar-refractivity contribution is -0.114. The number of thioether (sulfide) groups is 1. The first-order valence-electron chi connectivity index (χ1n) is 9.06. The fraction of sp³-hybridized carbons (Fsp3) is 0.143. The van der Waals surface area contributed by atoms with Crippen molar-refractivity contribution in [2.45, 2.75) is 18.6 Å². The molecule has 0 saturated carbocycles. The lowest BCUT2D eigenvalue weighted by Crippen LogP contribution is -2.15. The van der Waals surface area contributed by atoms with Gasteiger partial charge in [-0.15, -0.1) is 16.8 Å². The first-order valence-corrected chi connectivity index (χ1v) is 10.0. The maximum atomic E-state index is 13.2.